The number of hydrogen-bond acceptors (Lipinski definition) is 6. The van der Waals surface area contributed by atoms with Crippen molar-refractivity contribution in [2.24, 2.45) is 11.8 Å². The van der Waals surface area contributed by atoms with Crippen molar-refractivity contribution in [1.29, 1.82) is 0 Å². The van der Waals surface area contributed by atoms with Gasteiger partial charge >= 0.3 is 0 Å². The number of amides is 1. The van der Waals surface area contributed by atoms with Gasteiger partial charge in [-0.2, -0.15) is 5.10 Å². The monoisotopic (exact) mass is 372 g/mol. The lowest BCUT2D eigenvalue weighted by Gasteiger charge is -2.34. The zero-order chi connectivity index (χ0) is 17.8. The van der Waals surface area contributed by atoms with Crippen molar-refractivity contribution in [3.05, 3.63) is 35.6 Å². The first-order chi connectivity index (χ1) is 12.6. The van der Waals surface area contributed by atoms with E-state index in [1.165, 1.54) is 17.7 Å². The lowest BCUT2D eigenvalue weighted by Crippen LogP contribution is -2.36. The third kappa shape index (κ3) is 2.38. The van der Waals surface area contributed by atoms with Crippen LogP contribution in [-0.2, 0) is 0 Å². The number of fused-ring (bicyclic) bond motifs is 2. The Morgan fingerprint density at radius 1 is 1.31 bits per heavy atom. The molecule has 1 aliphatic heterocycles. The zero-order valence-electron chi connectivity index (χ0n) is 14.4. The number of aromatic nitrogens is 5. The number of nitrogens with zero attached hydrogens (tertiary/aromatic N) is 6. The molecule has 0 spiro atoms. The maximum absolute atomic E-state index is 13.2. The van der Waals surface area contributed by atoms with E-state index in [4.69, 9.17) is 0 Å². The molecule has 9 heteroatoms. The molecule has 1 saturated carbocycles. The predicted octanol–water partition coefficient (Wildman–Crippen LogP) is 1.38. The van der Waals surface area contributed by atoms with E-state index < -0.39 is 6.10 Å². The van der Waals surface area contributed by atoms with Crippen molar-refractivity contribution in [2.75, 3.05) is 13.1 Å². The highest BCUT2D eigenvalue weighted by atomic mass is 32.1. The fourth-order valence-electron chi connectivity index (χ4n) is 4.55. The van der Waals surface area contributed by atoms with E-state index >= 15 is 0 Å². The van der Waals surface area contributed by atoms with Crippen LogP contribution in [0.4, 0.5) is 0 Å². The Bertz CT molecular complexity index is 948. The van der Waals surface area contributed by atoms with Crippen molar-refractivity contribution in [2.45, 2.75) is 31.9 Å². The second kappa shape index (κ2) is 5.88. The van der Waals surface area contributed by atoms with Gasteiger partial charge in [0.05, 0.1) is 17.8 Å². The summed E-state index contributed by atoms with van der Waals surface area (Å²) in [5, 5.41) is 16.7. The van der Waals surface area contributed by atoms with Gasteiger partial charge in [0.1, 0.15) is 18.3 Å². The Hall–Kier alpha value is -2.26. The summed E-state index contributed by atoms with van der Waals surface area (Å²) in [7, 11) is 0. The lowest BCUT2D eigenvalue weighted by atomic mass is 9.77. The van der Waals surface area contributed by atoms with Crippen LogP contribution in [0.5, 0.6) is 0 Å². The van der Waals surface area contributed by atoms with Crippen LogP contribution in [0.2, 0.25) is 0 Å². The SMILES string of the molecule is Cc1nc2sccn2c1C(=O)N1C[C@H]2C[C@@H](n3cncn3)[C@H](O)C[C@H]2C1. The van der Waals surface area contributed by atoms with E-state index in [-0.39, 0.29) is 11.9 Å². The molecule has 2 fully saturated rings. The molecular weight excluding hydrogens is 352 g/mol. The van der Waals surface area contributed by atoms with Crippen molar-refractivity contribution < 1.29 is 9.90 Å². The van der Waals surface area contributed by atoms with Gasteiger partial charge in [0.25, 0.3) is 5.91 Å². The van der Waals surface area contributed by atoms with Crippen LogP contribution in [0.25, 0.3) is 4.96 Å². The number of hydrogen-bond donors (Lipinski definition) is 1. The van der Waals surface area contributed by atoms with Crippen LogP contribution in [0.15, 0.2) is 24.2 Å². The van der Waals surface area contributed by atoms with E-state index in [0.717, 1.165) is 23.6 Å². The molecule has 0 bridgehead atoms. The topological polar surface area (TPSA) is 88.6 Å². The molecule has 0 aromatic carbocycles. The smallest absolute Gasteiger partial charge is 0.272 e. The van der Waals surface area contributed by atoms with Gasteiger partial charge < -0.3 is 10.0 Å². The van der Waals surface area contributed by atoms with Crippen LogP contribution >= 0.6 is 11.3 Å². The van der Waals surface area contributed by atoms with Crippen LogP contribution in [0, 0.1) is 18.8 Å². The minimum atomic E-state index is -0.451. The van der Waals surface area contributed by atoms with Crippen molar-refractivity contribution in [3.8, 4) is 0 Å². The highest BCUT2D eigenvalue weighted by Gasteiger charge is 2.44. The Morgan fingerprint density at radius 2 is 2.12 bits per heavy atom. The lowest BCUT2D eigenvalue weighted by molar-refractivity contribution is 0.0304. The molecule has 0 unspecified atom stereocenters. The largest absolute Gasteiger partial charge is 0.391 e. The number of aliphatic hydroxyl groups is 1. The standard InChI is InChI=1S/C17H20N6O2S/c1-10-15(22-2-3-26-17(22)20-10)16(25)21-6-11-4-13(23-9-18-8-19-23)14(24)5-12(11)7-21/h2-3,8-9,11-14,24H,4-7H2,1H3/t11-,12+,13-,14-/m1/s1. The van der Waals surface area contributed by atoms with Gasteiger partial charge in [0, 0.05) is 24.7 Å². The van der Waals surface area contributed by atoms with E-state index in [1.54, 1.807) is 11.0 Å². The second-order valence-corrected chi connectivity index (χ2v) is 8.19. The molecule has 26 heavy (non-hydrogen) atoms. The number of aryl methyl sites for hydroxylation is 1. The van der Waals surface area contributed by atoms with Crippen molar-refractivity contribution in [1.82, 2.24) is 29.0 Å². The molecule has 4 heterocycles. The van der Waals surface area contributed by atoms with Gasteiger partial charge in [-0.05, 0) is 31.6 Å². The number of aliphatic hydroxyl groups excluding tert-OH is 1. The van der Waals surface area contributed by atoms with Crippen LogP contribution in [0.1, 0.15) is 35.1 Å². The Balaban J connectivity index is 1.38. The molecule has 1 N–H and O–H groups in total. The average Bonchev–Trinajstić information content (AvgIpc) is 3.36. The number of rotatable bonds is 2. The summed E-state index contributed by atoms with van der Waals surface area (Å²) in [6.07, 6.45) is 6.12. The first kappa shape index (κ1) is 16.0. The molecule has 136 valence electrons. The zero-order valence-corrected chi connectivity index (χ0v) is 15.2. The molecule has 4 atom stereocenters. The fourth-order valence-corrected chi connectivity index (χ4v) is 5.31. The summed E-state index contributed by atoms with van der Waals surface area (Å²) < 4.78 is 3.64. The van der Waals surface area contributed by atoms with Gasteiger partial charge in [-0.15, -0.1) is 11.3 Å². The third-order valence-electron chi connectivity index (χ3n) is 5.81. The average molecular weight is 372 g/mol. The molecule has 3 aromatic rings. The van der Waals surface area contributed by atoms with Crippen LogP contribution in [0.3, 0.4) is 0 Å². The Labute approximate surface area is 154 Å². The van der Waals surface area contributed by atoms with E-state index in [0.29, 0.717) is 30.5 Å². The number of likely N-dealkylation sites (tertiary alicyclic amines) is 1. The first-order valence-corrected chi connectivity index (χ1v) is 9.73. The number of thiazole rings is 1. The molecule has 0 radical (unpaired) electrons. The summed E-state index contributed by atoms with van der Waals surface area (Å²) in [5.74, 6) is 0.747. The molecule has 1 aliphatic carbocycles. The van der Waals surface area contributed by atoms with E-state index in [1.807, 2.05) is 27.8 Å². The van der Waals surface area contributed by atoms with Crippen molar-refractivity contribution >= 4 is 22.2 Å². The van der Waals surface area contributed by atoms with E-state index in [2.05, 4.69) is 15.1 Å². The Kier molecular flexibility index (Phi) is 3.61. The number of imidazole rings is 1. The third-order valence-corrected chi connectivity index (χ3v) is 6.57. The van der Waals surface area contributed by atoms with Gasteiger partial charge in [0.15, 0.2) is 4.96 Å². The summed E-state index contributed by atoms with van der Waals surface area (Å²) >= 11 is 1.53. The molecular formula is C17H20N6O2S. The van der Waals surface area contributed by atoms with E-state index in [9.17, 15) is 9.90 Å². The molecule has 1 saturated heterocycles. The molecule has 3 aromatic heterocycles. The quantitative estimate of drug-likeness (QED) is 0.734. The van der Waals surface area contributed by atoms with Gasteiger partial charge in [0.2, 0.25) is 0 Å². The summed E-state index contributed by atoms with van der Waals surface area (Å²) in [5.41, 5.74) is 1.44. The molecule has 2 aliphatic rings. The maximum Gasteiger partial charge on any atom is 0.272 e. The Morgan fingerprint density at radius 3 is 2.88 bits per heavy atom. The van der Waals surface area contributed by atoms with Crippen LogP contribution < -0.4 is 0 Å². The summed E-state index contributed by atoms with van der Waals surface area (Å²) in [6, 6.07) is -0.0610. The van der Waals surface area contributed by atoms with Gasteiger partial charge in [-0.3, -0.25) is 9.20 Å². The summed E-state index contributed by atoms with van der Waals surface area (Å²) in [6.45, 7) is 3.31. The maximum atomic E-state index is 13.2. The highest BCUT2D eigenvalue weighted by Crippen LogP contribution is 2.41. The minimum absolute atomic E-state index is 0.0367. The number of carbonyl (C=O) groups excluding carboxylic acids is 1. The highest BCUT2D eigenvalue weighted by molar-refractivity contribution is 7.15. The predicted molar refractivity (Wildman–Crippen MR) is 95.0 cm³/mol. The minimum Gasteiger partial charge on any atom is -0.391 e. The van der Waals surface area contributed by atoms with Gasteiger partial charge in [-0.25, -0.2) is 14.6 Å². The first-order valence-electron chi connectivity index (χ1n) is 8.85. The molecule has 5 rings (SSSR count). The second-order valence-electron chi connectivity index (χ2n) is 7.31. The normalized spacial score (nSPS) is 28.6. The van der Waals surface area contributed by atoms with Gasteiger partial charge in [-0.1, -0.05) is 0 Å². The fraction of sp³-hybridized carbons (Fsp3) is 0.529. The number of carbonyl (C=O) groups is 1. The summed E-state index contributed by atoms with van der Waals surface area (Å²) in [4.78, 5) is 24.4. The molecule has 1 amide bonds. The van der Waals surface area contributed by atoms with Crippen LogP contribution in [-0.4, -0.2) is 59.3 Å². The van der Waals surface area contributed by atoms with Crippen molar-refractivity contribution in [3.63, 3.8) is 0 Å². The molecule has 8 nitrogen and oxygen atoms in total.